The number of rotatable bonds is 3. The van der Waals surface area contributed by atoms with Gasteiger partial charge in [0.1, 0.15) is 0 Å². The van der Waals surface area contributed by atoms with E-state index in [1.165, 1.54) is 6.20 Å². The van der Waals surface area contributed by atoms with Gasteiger partial charge in [0, 0.05) is 19.5 Å². The molecule has 0 aromatic carbocycles. The zero-order chi connectivity index (χ0) is 15.1. The number of methoxy groups -OCH3 is 1. The number of halogens is 3. The van der Waals surface area contributed by atoms with Crippen molar-refractivity contribution in [1.82, 2.24) is 9.97 Å². The summed E-state index contributed by atoms with van der Waals surface area (Å²) in [4.78, 5) is 7.73. The fraction of sp³-hybridized carbons (Fsp3) is 0.500. The topological polar surface area (TPSA) is 98.6 Å². The first-order chi connectivity index (χ1) is 8.58. The molecular weight excluding hydrogens is 293 g/mol. The second-order valence-corrected chi connectivity index (χ2v) is 4.30. The molecule has 0 aliphatic carbocycles. The Kier molecular flexibility index (Phi) is 6.65. The lowest BCUT2D eigenvalue weighted by Crippen LogP contribution is -2.21. The summed E-state index contributed by atoms with van der Waals surface area (Å²) in [7, 11) is -4.27. The summed E-state index contributed by atoms with van der Waals surface area (Å²) in [6.45, 7) is 1.79. The minimum Gasteiger partial charge on any atom is -0.447 e. The standard InChI is InChI=1S/C7H10N2O2.CHF3O3S/c1-6(10-2)11-7-5-8-3-4-9-7;2-1(3,4)8(5,6)7/h3-6H,1-2H3;(H,5,6,7). The predicted octanol–water partition coefficient (Wildman–Crippen LogP) is 1.24. The average Bonchev–Trinajstić information content (AvgIpc) is 2.28. The molecule has 0 saturated heterocycles. The molecule has 0 bridgehead atoms. The van der Waals surface area contributed by atoms with Crippen LogP contribution in [0.3, 0.4) is 0 Å². The highest BCUT2D eigenvalue weighted by molar-refractivity contribution is 7.86. The lowest BCUT2D eigenvalue weighted by Gasteiger charge is -2.10. The van der Waals surface area contributed by atoms with Crippen molar-refractivity contribution in [2.24, 2.45) is 0 Å². The van der Waals surface area contributed by atoms with Crippen LogP contribution in [0.25, 0.3) is 0 Å². The van der Waals surface area contributed by atoms with E-state index < -0.39 is 15.6 Å². The maximum atomic E-state index is 10.7. The van der Waals surface area contributed by atoms with Crippen molar-refractivity contribution in [3.8, 4) is 5.88 Å². The summed E-state index contributed by atoms with van der Waals surface area (Å²) < 4.78 is 67.6. The maximum absolute atomic E-state index is 10.7. The highest BCUT2D eigenvalue weighted by Gasteiger charge is 2.44. The number of nitrogens with zero attached hydrogens (tertiary/aromatic N) is 2. The Morgan fingerprint density at radius 3 is 2.21 bits per heavy atom. The van der Waals surface area contributed by atoms with Gasteiger partial charge in [-0.2, -0.15) is 21.6 Å². The molecule has 110 valence electrons. The van der Waals surface area contributed by atoms with Crippen LogP contribution >= 0.6 is 0 Å². The monoisotopic (exact) mass is 304 g/mol. The van der Waals surface area contributed by atoms with Crippen LogP contribution in [0, 0.1) is 0 Å². The molecule has 7 nitrogen and oxygen atoms in total. The minimum absolute atomic E-state index is 0.285. The van der Waals surface area contributed by atoms with Crippen LogP contribution in [0.15, 0.2) is 18.6 Å². The summed E-state index contributed by atoms with van der Waals surface area (Å²) in [5.41, 5.74) is -5.53. The molecule has 1 aromatic heterocycles. The fourth-order valence-electron chi connectivity index (χ4n) is 0.564. The first-order valence-electron chi connectivity index (χ1n) is 4.57. The molecule has 0 saturated carbocycles. The summed E-state index contributed by atoms with van der Waals surface area (Å²) in [5.74, 6) is 0.474. The van der Waals surface area contributed by atoms with E-state index in [0.717, 1.165) is 0 Å². The van der Waals surface area contributed by atoms with Crippen LogP contribution in [0.2, 0.25) is 0 Å². The highest BCUT2D eigenvalue weighted by atomic mass is 32.2. The molecule has 0 fully saturated rings. The lowest BCUT2D eigenvalue weighted by atomic mass is 10.7. The van der Waals surface area contributed by atoms with Crippen LogP contribution < -0.4 is 4.74 Å². The second-order valence-electron chi connectivity index (χ2n) is 2.89. The van der Waals surface area contributed by atoms with Gasteiger partial charge in [0.25, 0.3) is 0 Å². The summed E-state index contributed by atoms with van der Waals surface area (Å²) in [6.07, 6.45) is 4.41. The third-order valence-corrected chi connectivity index (χ3v) is 2.04. The molecule has 1 N–H and O–H groups in total. The Morgan fingerprint density at radius 2 is 1.89 bits per heavy atom. The van der Waals surface area contributed by atoms with Gasteiger partial charge >= 0.3 is 15.6 Å². The van der Waals surface area contributed by atoms with Gasteiger partial charge in [0.05, 0.1) is 6.20 Å². The molecule has 1 unspecified atom stereocenters. The molecule has 0 aliphatic rings. The number of hydrogen-bond acceptors (Lipinski definition) is 6. The smallest absolute Gasteiger partial charge is 0.447 e. The molecule has 1 heterocycles. The number of alkyl halides is 3. The van der Waals surface area contributed by atoms with Gasteiger partial charge in [-0.1, -0.05) is 0 Å². The van der Waals surface area contributed by atoms with Crippen molar-refractivity contribution in [3.05, 3.63) is 18.6 Å². The van der Waals surface area contributed by atoms with E-state index in [1.54, 1.807) is 26.4 Å². The third-order valence-electron chi connectivity index (χ3n) is 1.45. The molecule has 1 atom stereocenters. The van der Waals surface area contributed by atoms with Crippen molar-refractivity contribution in [2.45, 2.75) is 18.7 Å². The van der Waals surface area contributed by atoms with E-state index in [1.807, 2.05) is 0 Å². The van der Waals surface area contributed by atoms with Crippen molar-refractivity contribution in [1.29, 1.82) is 0 Å². The van der Waals surface area contributed by atoms with E-state index in [-0.39, 0.29) is 6.29 Å². The molecular formula is C8H11F3N2O5S. The maximum Gasteiger partial charge on any atom is 0.522 e. The first kappa shape index (κ1) is 17.5. The second kappa shape index (κ2) is 7.21. The van der Waals surface area contributed by atoms with Crippen LogP contribution in [-0.4, -0.2) is 41.8 Å². The van der Waals surface area contributed by atoms with Gasteiger partial charge in [-0.25, -0.2) is 4.98 Å². The van der Waals surface area contributed by atoms with Crippen molar-refractivity contribution >= 4 is 10.1 Å². The Bertz CT molecular complexity index is 465. The van der Waals surface area contributed by atoms with E-state index in [9.17, 15) is 13.2 Å². The average molecular weight is 304 g/mol. The van der Waals surface area contributed by atoms with Gasteiger partial charge in [-0.05, 0) is 6.92 Å². The van der Waals surface area contributed by atoms with E-state index in [2.05, 4.69) is 9.97 Å². The third kappa shape index (κ3) is 7.54. The number of ether oxygens (including phenoxy) is 2. The zero-order valence-corrected chi connectivity index (χ0v) is 10.6. The largest absolute Gasteiger partial charge is 0.522 e. The zero-order valence-electron chi connectivity index (χ0n) is 9.83. The summed E-state index contributed by atoms with van der Waals surface area (Å²) in [6, 6.07) is 0. The number of hydrogen-bond donors (Lipinski definition) is 1. The van der Waals surface area contributed by atoms with Gasteiger partial charge in [-0.15, -0.1) is 0 Å². The van der Waals surface area contributed by atoms with Gasteiger partial charge in [-0.3, -0.25) is 9.54 Å². The molecule has 19 heavy (non-hydrogen) atoms. The predicted molar refractivity (Wildman–Crippen MR) is 56.7 cm³/mol. The van der Waals surface area contributed by atoms with Crippen LogP contribution in [0.5, 0.6) is 5.88 Å². The van der Waals surface area contributed by atoms with Crippen LogP contribution in [0.1, 0.15) is 6.92 Å². The fourth-order valence-corrected chi connectivity index (χ4v) is 0.564. The molecule has 0 amide bonds. The Balaban J connectivity index is 0.000000362. The van der Waals surface area contributed by atoms with Gasteiger partial charge in [0.15, 0.2) is 6.29 Å². The molecule has 0 spiro atoms. The highest BCUT2D eigenvalue weighted by Crippen LogP contribution is 2.20. The van der Waals surface area contributed by atoms with Gasteiger partial charge < -0.3 is 9.47 Å². The molecule has 1 aromatic rings. The Hall–Kier alpha value is -1.46. The van der Waals surface area contributed by atoms with Crippen molar-refractivity contribution < 1.29 is 35.6 Å². The minimum atomic E-state index is -5.84. The lowest BCUT2D eigenvalue weighted by molar-refractivity contribution is -0.0510. The molecule has 11 heteroatoms. The van der Waals surface area contributed by atoms with E-state index in [4.69, 9.17) is 22.4 Å². The normalized spacial score (nSPS) is 13.2. The Morgan fingerprint density at radius 1 is 1.37 bits per heavy atom. The van der Waals surface area contributed by atoms with Gasteiger partial charge in [0.2, 0.25) is 5.88 Å². The number of aromatic nitrogens is 2. The molecule has 0 radical (unpaired) electrons. The van der Waals surface area contributed by atoms with E-state index >= 15 is 0 Å². The SMILES string of the molecule is COC(C)Oc1cnccn1.O=S(=O)(O)C(F)(F)F. The quantitative estimate of drug-likeness (QED) is 0.509. The first-order valence-corrected chi connectivity index (χ1v) is 6.01. The Labute approximate surface area is 107 Å². The van der Waals surface area contributed by atoms with Crippen LogP contribution in [-0.2, 0) is 14.9 Å². The summed E-state index contributed by atoms with van der Waals surface area (Å²) in [5, 5.41) is 0. The molecule has 1 rings (SSSR count). The molecule has 0 aliphatic heterocycles. The van der Waals surface area contributed by atoms with Crippen LogP contribution in [0.4, 0.5) is 13.2 Å². The van der Waals surface area contributed by atoms with Crippen molar-refractivity contribution in [2.75, 3.05) is 7.11 Å². The van der Waals surface area contributed by atoms with E-state index in [0.29, 0.717) is 5.88 Å². The summed E-state index contributed by atoms with van der Waals surface area (Å²) >= 11 is 0. The van der Waals surface area contributed by atoms with Crippen molar-refractivity contribution in [3.63, 3.8) is 0 Å².